The Kier molecular flexibility index (Phi) is 5.67. The summed E-state index contributed by atoms with van der Waals surface area (Å²) in [6.07, 6.45) is 1.07. The molecule has 3 aromatic rings. The zero-order valence-corrected chi connectivity index (χ0v) is 18.7. The van der Waals surface area contributed by atoms with Gasteiger partial charge in [0.2, 0.25) is 9.84 Å². The van der Waals surface area contributed by atoms with Gasteiger partial charge in [-0.05, 0) is 62.2 Å². The van der Waals surface area contributed by atoms with Crippen molar-refractivity contribution in [3.8, 4) is 0 Å². The van der Waals surface area contributed by atoms with Gasteiger partial charge in [0.1, 0.15) is 5.82 Å². The van der Waals surface area contributed by atoms with Gasteiger partial charge in [-0.15, -0.1) is 0 Å². The smallest absolute Gasteiger partial charge is 0.303 e. The number of carboxylic acids is 1. The molecule has 1 aliphatic heterocycles. The lowest BCUT2D eigenvalue weighted by Crippen LogP contribution is -2.08. The van der Waals surface area contributed by atoms with Crippen molar-refractivity contribution in [2.75, 3.05) is 5.32 Å². The van der Waals surface area contributed by atoms with E-state index in [-0.39, 0.29) is 33.8 Å². The van der Waals surface area contributed by atoms with E-state index < -0.39 is 27.5 Å². The third-order valence-electron chi connectivity index (χ3n) is 5.50. The number of carbonyl (C=O) groups is 2. The normalized spacial score (nSPS) is 14.4. The number of H-pyrrole nitrogens is 1. The molecule has 0 saturated heterocycles. The predicted molar refractivity (Wildman–Crippen MR) is 121 cm³/mol. The summed E-state index contributed by atoms with van der Waals surface area (Å²) in [5, 5.41) is 11.9. The first-order valence-electron chi connectivity index (χ1n) is 10.2. The second-order valence-electron chi connectivity index (χ2n) is 7.88. The number of amides is 1. The van der Waals surface area contributed by atoms with Gasteiger partial charge in [-0.2, -0.15) is 0 Å². The van der Waals surface area contributed by atoms with Gasteiger partial charge in [-0.25, -0.2) is 12.8 Å². The third-order valence-corrected chi connectivity index (χ3v) is 7.49. The summed E-state index contributed by atoms with van der Waals surface area (Å²) >= 11 is 0. The van der Waals surface area contributed by atoms with Crippen LogP contribution in [-0.2, 0) is 25.8 Å². The van der Waals surface area contributed by atoms with Crippen LogP contribution in [0.3, 0.4) is 0 Å². The fourth-order valence-electron chi connectivity index (χ4n) is 3.93. The topological polar surface area (TPSA) is 116 Å². The number of rotatable bonds is 6. The number of hydrogen-bond donors (Lipinski definition) is 3. The van der Waals surface area contributed by atoms with E-state index in [2.05, 4.69) is 10.3 Å². The van der Waals surface area contributed by atoms with Crippen molar-refractivity contribution in [1.82, 2.24) is 4.98 Å². The first kappa shape index (κ1) is 22.5. The van der Waals surface area contributed by atoms with E-state index in [9.17, 15) is 27.5 Å². The van der Waals surface area contributed by atoms with E-state index in [0.29, 0.717) is 22.6 Å². The van der Waals surface area contributed by atoms with Crippen LogP contribution in [0.2, 0.25) is 0 Å². The minimum Gasteiger partial charge on any atom is -0.481 e. The first-order chi connectivity index (χ1) is 15.6. The molecule has 0 saturated carbocycles. The fourth-order valence-corrected chi connectivity index (χ4v) is 5.65. The molecular weight excluding hydrogens is 447 g/mol. The highest BCUT2D eigenvalue weighted by Gasteiger charge is 2.30. The maximum absolute atomic E-state index is 13.8. The number of aromatic nitrogens is 1. The van der Waals surface area contributed by atoms with Gasteiger partial charge in [-0.3, -0.25) is 9.59 Å². The molecule has 1 amide bonds. The van der Waals surface area contributed by atoms with Gasteiger partial charge < -0.3 is 15.4 Å². The summed E-state index contributed by atoms with van der Waals surface area (Å²) in [6, 6.07) is 10.3. The molecule has 0 unspecified atom stereocenters. The summed E-state index contributed by atoms with van der Waals surface area (Å²) in [5.74, 6) is -2.07. The molecule has 0 bridgehead atoms. The fraction of sp³-hybridized carbons (Fsp3) is 0.167. The number of aliphatic carboxylic acids is 1. The van der Waals surface area contributed by atoms with Crippen molar-refractivity contribution in [3.05, 3.63) is 76.4 Å². The Balaban J connectivity index is 1.90. The second-order valence-corrected chi connectivity index (χ2v) is 9.77. The van der Waals surface area contributed by atoms with E-state index in [1.807, 2.05) is 6.92 Å². The predicted octanol–water partition coefficient (Wildman–Crippen LogP) is 4.11. The van der Waals surface area contributed by atoms with Gasteiger partial charge in [-0.1, -0.05) is 17.7 Å². The maximum atomic E-state index is 13.8. The average molecular weight is 469 g/mol. The van der Waals surface area contributed by atoms with Crippen molar-refractivity contribution in [2.45, 2.75) is 36.5 Å². The average Bonchev–Trinajstić information content (AvgIpc) is 3.23. The van der Waals surface area contributed by atoms with E-state index in [1.54, 1.807) is 19.1 Å². The number of sulfone groups is 1. The molecule has 170 valence electrons. The standard InChI is InChI=1S/C24H21FN2O5S/c1-13-3-6-16(7-4-13)33(31,32)23-14(2)26-21(17(23)8-10-22(28)29)12-19-18-11-15(25)5-9-20(18)27-24(19)30/h3-7,9,11-12,26H,8,10H2,1-2H3,(H,27,30)(H,28,29)/b19-12-. The van der Waals surface area contributed by atoms with Crippen molar-refractivity contribution in [3.63, 3.8) is 0 Å². The lowest BCUT2D eigenvalue weighted by molar-refractivity contribution is -0.137. The van der Waals surface area contributed by atoms with Crippen molar-refractivity contribution in [2.24, 2.45) is 0 Å². The molecule has 2 aromatic carbocycles. The molecule has 3 N–H and O–H groups in total. The summed E-state index contributed by atoms with van der Waals surface area (Å²) in [5.41, 5.74) is 2.72. The molecular formula is C24H21FN2O5S. The largest absolute Gasteiger partial charge is 0.481 e. The third kappa shape index (κ3) is 4.19. The number of aryl methyl sites for hydroxylation is 2. The monoisotopic (exact) mass is 468 g/mol. The van der Waals surface area contributed by atoms with Gasteiger partial charge in [0.15, 0.2) is 0 Å². The number of hydrogen-bond acceptors (Lipinski definition) is 4. The van der Waals surface area contributed by atoms with Crippen LogP contribution >= 0.6 is 0 Å². The van der Waals surface area contributed by atoms with Crippen LogP contribution in [-0.4, -0.2) is 30.4 Å². The molecule has 1 aliphatic rings. The molecule has 33 heavy (non-hydrogen) atoms. The number of halogens is 1. The highest BCUT2D eigenvalue weighted by atomic mass is 32.2. The molecule has 0 radical (unpaired) electrons. The SMILES string of the molecule is Cc1ccc(S(=O)(=O)c2c(C)[nH]c(/C=C3\C(=O)Nc4ccc(F)cc43)c2CCC(=O)O)cc1. The number of fused-ring (bicyclic) bond motifs is 1. The Bertz CT molecular complexity index is 1420. The summed E-state index contributed by atoms with van der Waals surface area (Å²) < 4.78 is 40.8. The maximum Gasteiger partial charge on any atom is 0.303 e. The van der Waals surface area contributed by atoms with Crippen LogP contribution in [0, 0.1) is 19.7 Å². The lowest BCUT2D eigenvalue weighted by atomic mass is 10.0. The van der Waals surface area contributed by atoms with Crippen LogP contribution in [0.5, 0.6) is 0 Å². The molecule has 9 heteroatoms. The van der Waals surface area contributed by atoms with E-state index in [1.165, 1.54) is 36.4 Å². The second kappa shape index (κ2) is 8.32. The number of aromatic amines is 1. The van der Waals surface area contributed by atoms with Gasteiger partial charge in [0.05, 0.1) is 15.4 Å². The van der Waals surface area contributed by atoms with Crippen molar-refractivity contribution < 1.29 is 27.5 Å². The minimum absolute atomic E-state index is 0.0164. The molecule has 0 aliphatic carbocycles. The number of benzene rings is 2. The lowest BCUT2D eigenvalue weighted by Gasteiger charge is -2.09. The number of carbonyl (C=O) groups excluding carboxylic acids is 1. The van der Waals surface area contributed by atoms with E-state index in [4.69, 9.17) is 0 Å². The van der Waals surface area contributed by atoms with E-state index >= 15 is 0 Å². The zero-order chi connectivity index (χ0) is 23.9. The van der Waals surface area contributed by atoms with E-state index in [0.717, 1.165) is 5.56 Å². The quantitative estimate of drug-likeness (QED) is 0.471. The highest BCUT2D eigenvalue weighted by Crippen LogP contribution is 2.36. The van der Waals surface area contributed by atoms with Crippen LogP contribution in [0.4, 0.5) is 10.1 Å². The highest BCUT2D eigenvalue weighted by molar-refractivity contribution is 7.91. The molecule has 7 nitrogen and oxygen atoms in total. The van der Waals surface area contributed by atoms with Gasteiger partial charge in [0, 0.05) is 29.1 Å². The summed E-state index contributed by atoms with van der Waals surface area (Å²) in [4.78, 5) is 26.9. The summed E-state index contributed by atoms with van der Waals surface area (Å²) in [7, 11) is -3.97. The van der Waals surface area contributed by atoms with Crippen LogP contribution < -0.4 is 5.32 Å². The van der Waals surface area contributed by atoms with Crippen LogP contribution in [0.25, 0.3) is 11.6 Å². The zero-order valence-electron chi connectivity index (χ0n) is 17.9. The molecule has 0 atom stereocenters. The minimum atomic E-state index is -3.97. The Morgan fingerprint density at radius 3 is 2.48 bits per heavy atom. The first-order valence-corrected chi connectivity index (χ1v) is 11.6. The Morgan fingerprint density at radius 1 is 1.12 bits per heavy atom. The van der Waals surface area contributed by atoms with Crippen molar-refractivity contribution >= 4 is 39.1 Å². The Labute approximate surface area is 189 Å². The molecule has 0 spiro atoms. The summed E-state index contributed by atoms with van der Waals surface area (Å²) in [6.45, 7) is 3.42. The van der Waals surface area contributed by atoms with Crippen molar-refractivity contribution in [1.29, 1.82) is 0 Å². The number of carboxylic acid groups (broad SMARTS) is 1. The molecule has 0 fully saturated rings. The van der Waals surface area contributed by atoms with Gasteiger partial charge in [0.25, 0.3) is 5.91 Å². The molecule has 4 rings (SSSR count). The van der Waals surface area contributed by atoms with Gasteiger partial charge >= 0.3 is 5.97 Å². The molecule has 2 heterocycles. The number of nitrogens with one attached hydrogen (secondary N) is 2. The number of anilines is 1. The Hall–Kier alpha value is -3.72. The Morgan fingerprint density at radius 2 is 1.82 bits per heavy atom. The molecule has 1 aromatic heterocycles. The van der Waals surface area contributed by atoms with Crippen LogP contribution in [0.1, 0.15) is 34.5 Å². The van der Waals surface area contributed by atoms with Crippen LogP contribution in [0.15, 0.2) is 52.3 Å².